The molecule has 0 amide bonds. The lowest BCUT2D eigenvalue weighted by molar-refractivity contribution is -0.0193. The number of hydrogen-bond acceptors (Lipinski definition) is 3. The Morgan fingerprint density at radius 1 is 1.09 bits per heavy atom. The summed E-state index contributed by atoms with van der Waals surface area (Å²) in [5.41, 5.74) is 1.71. The molecule has 0 saturated heterocycles. The van der Waals surface area contributed by atoms with Crippen LogP contribution in [-0.4, -0.2) is 4.98 Å². The zero-order valence-corrected chi connectivity index (χ0v) is 13.0. The number of fused-ring (bicyclic) bond motifs is 1. The van der Waals surface area contributed by atoms with Crippen LogP contribution in [0.4, 0.5) is 0 Å². The van der Waals surface area contributed by atoms with Gasteiger partial charge in [-0.2, -0.15) is 0 Å². The minimum Gasteiger partial charge on any atom is -0.407 e. The number of hydrogen-bond donors (Lipinski definition) is 0. The van der Waals surface area contributed by atoms with Crippen molar-refractivity contribution in [2.75, 3.05) is 0 Å². The molecular formula is C19H21NO2. The van der Waals surface area contributed by atoms with Crippen molar-refractivity contribution in [2.24, 2.45) is 17.8 Å². The van der Waals surface area contributed by atoms with Gasteiger partial charge in [0, 0.05) is 5.41 Å². The minimum atomic E-state index is -0.209. The summed E-state index contributed by atoms with van der Waals surface area (Å²) < 4.78 is 5.76. The van der Waals surface area contributed by atoms with Crippen LogP contribution in [0.15, 0.2) is 27.4 Å². The Balaban J connectivity index is 1.68. The van der Waals surface area contributed by atoms with Gasteiger partial charge in [-0.15, -0.1) is 0 Å². The summed E-state index contributed by atoms with van der Waals surface area (Å²) in [6.07, 6.45) is 7.67. The Labute approximate surface area is 129 Å². The van der Waals surface area contributed by atoms with E-state index >= 15 is 0 Å². The lowest BCUT2D eigenvalue weighted by atomic mass is 9.49. The molecule has 0 radical (unpaired) electrons. The normalized spacial score (nSPS) is 36.1. The molecule has 3 heteroatoms. The highest BCUT2D eigenvalue weighted by Crippen LogP contribution is 2.60. The summed E-state index contributed by atoms with van der Waals surface area (Å²) in [6, 6.07) is 5.88. The summed E-state index contributed by atoms with van der Waals surface area (Å²) >= 11 is 0. The maximum Gasteiger partial charge on any atom is 0.346 e. The van der Waals surface area contributed by atoms with Gasteiger partial charge >= 0.3 is 5.63 Å². The molecule has 1 heterocycles. The topological polar surface area (TPSA) is 43.1 Å². The number of rotatable bonds is 1. The second-order valence-electron chi connectivity index (χ2n) is 8.02. The van der Waals surface area contributed by atoms with E-state index < -0.39 is 0 Å². The smallest absolute Gasteiger partial charge is 0.346 e. The fraction of sp³-hybridized carbons (Fsp3) is 0.579. The van der Waals surface area contributed by atoms with E-state index in [2.05, 4.69) is 0 Å². The van der Waals surface area contributed by atoms with Crippen molar-refractivity contribution in [1.29, 1.82) is 0 Å². The third-order valence-corrected chi connectivity index (χ3v) is 6.28. The first-order valence-electron chi connectivity index (χ1n) is 8.53. The molecule has 22 heavy (non-hydrogen) atoms. The largest absolute Gasteiger partial charge is 0.407 e. The summed E-state index contributed by atoms with van der Waals surface area (Å²) in [5.74, 6) is 3.21. The lowest BCUT2D eigenvalue weighted by Crippen LogP contribution is -2.49. The van der Waals surface area contributed by atoms with Gasteiger partial charge < -0.3 is 4.42 Å². The van der Waals surface area contributed by atoms with Crippen molar-refractivity contribution >= 4 is 10.9 Å². The third-order valence-electron chi connectivity index (χ3n) is 6.28. The van der Waals surface area contributed by atoms with Crippen LogP contribution >= 0.6 is 0 Å². The monoisotopic (exact) mass is 295 g/mol. The van der Waals surface area contributed by atoms with E-state index in [-0.39, 0.29) is 11.0 Å². The van der Waals surface area contributed by atoms with E-state index in [1.54, 1.807) is 0 Å². The van der Waals surface area contributed by atoms with Crippen molar-refractivity contribution in [3.05, 3.63) is 40.1 Å². The highest BCUT2D eigenvalue weighted by molar-refractivity contribution is 5.77. The summed E-state index contributed by atoms with van der Waals surface area (Å²) in [4.78, 5) is 17.2. The average Bonchev–Trinajstić information content (AvgIpc) is 2.46. The molecule has 4 aliphatic carbocycles. The Morgan fingerprint density at radius 3 is 2.36 bits per heavy atom. The number of nitrogens with zero attached hydrogens (tertiary/aromatic N) is 1. The zero-order chi connectivity index (χ0) is 14.9. The van der Waals surface area contributed by atoms with Gasteiger partial charge in [0.05, 0.1) is 10.9 Å². The first-order valence-corrected chi connectivity index (χ1v) is 8.53. The van der Waals surface area contributed by atoms with Gasteiger partial charge in [-0.3, -0.25) is 0 Å². The number of benzene rings is 1. The van der Waals surface area contributed by atoms with Crippen molar-refractivity contribution in [1.82, 2.24) is 4.98 Å². The summed E-state index contributed by atoms with van der Waals surface area (Å²) in [5, 5.41) is 0.619. The SMILES string of the molecule is Cc1ccc2nc(C34CC5CC(CC(C5)C3)C4)oc(=O)c2c1. The fourth-order valence-electron chi connectivity index (χ4n) is 5.79. The van der Waals surface area contributed by atoms with Crippen molar-refractivity contribution in [3.63, 3.8) is 0 Å². The molecule has 0 atom stereocenters. The van der Waals surface area contributed by atoms with Crippen molar-refractivity contribution < 1.29 is 4.42 Å². The van der Waals surface area contributed by atoms with Gasteiger partial charge in [0.1, 0.15) is 0 Å². The Morgan fingerprint density at radius 2 is 1.73 bits per heavy atom. The Bertz CT molecular complexity index is 785. The van der Waals surface area contributed by atoms with E-state index in [0.717, 1.165) is 34.7 Å². The highest BCUT2D eigenvalue weighted by Gasteiger charge is 2.53. The van der Waals surface area contributed by atoms with Crippen LogP contribution in [0.3, 0.4) is 0 Å². The van der Waals surface area contributed by atoms with Crippen LogP contribution < -0.4 is 5.63 Å². The van der Waals surface area contributed by atoms with E-state index in [4.69, 9.17) is 9.40 Å². The predicted octanol–water partition coefficient (Wildman–Crippen LogP) is 3.96. The molecule has 0 aliphatic heterocycles. The van der Waals surface area contributed by atoms with Crippen LogP contribution in [0.25, 0.3) is 10.9 Å². The third kappa shape index (κ3) is 1.74. The summed E-state index contributed by atoms with van der Waals surface area (Å²) in [7, 11) is 0. The maximum absolute atomic E-state index is 12.4. The molecule has 1 aromatic heterocycles. The first-order chi connectivity index (χ1) is 10.6. The Hall–Kier alpha value is -1.64. The molecule has 0 spiro atoms. The first kappa shape index (κ1) is 12.9. The predicted molar refractivity (Wildman–Crippen MR) is 84.9 cm³/mol. The van der Waals surface area contributed by atoms with Crippen LogP contribution in [-0.2, 0) is 5.41 Å². The van der Waals surface area contributed by atoms with Gasteiger partial charge in [-0.25, -0.2) is 9.78 Å². The molecule has 2 aromatic rings. The molecule has 114 valence electrons. The Kier molecular flexibility index (Phi) is 2.46. The molecular weight excluding hydrogens is 274 g/mol. The summed E-state index contributed by atoms with van der Waals surface area (Å²) in [6.45, 7) is 1.99. The molecule has 4 saturated carbocycles. The van der Waals surface area contributed by atoms with Crippen molar-refractivity contribution in [3.8, 4) is 0 Å². The number of aromatic nitrogens is 1. The molecule has 1 aromatic carbocycles. The molecule has 3 nitrogen and oxygen atoms in total. The minimum absolute atomic E-state index is 0.0486. The average molecular weight is 295 g/mol. The quantitative estimate of drug-likeness (QED) is 0.799. The fourth-order valence-corrected chi connectivity index (χ4v) is 5.79. The standard InChI is InChI=1S/C19H21NO2/c1-11-2-3-16-15(4-11)17(21)22-18(20-16)19-8-12-5-13(9-19)7-14(6-12)10-19/h2-4,12-14H,5-10H2,1H3. The van der Waals surface area contributed by atoms with Gasteiger partial charge in [0.2, 0.25) is 5.89 Å². The van der Waals surface area contributed by atoms with Crippen LogP contribution in [0, 0.1) is 24.7 Å². The highest BCUT2D eigenvalue weighted by atomic mass is 16.4. The van der Waals surface area contributed by atoms with Gasteiger partial charge in [0.15, 0.2) is 0 Å². The van der Waals surface area contributed by atoms with Gasteiger partial charge in [-0.1, -0.05) is 11.6 Å². The van der Waals surface area contributed by atoms with E-state index in [9.17, 15) is 4.79 Å². The lowest BCUT2D eigenvalue weighted by Gasteiger charge is -2.55. The van der Waals surface area contributed by atoms with Gasteiger partial charge in [-0.05, 0) is 75.3 Å². The van der Waals surface area contributed by atoms with E-state index in [1.165, 1.54) is 38.5 Å². The maximum atomic E-state index is 12.4. The molecule has 0 unspecified atom stereocenters. The molecule has 6 rings (SSSR count). The second-order valence-corrected chi connectivity index (χ2v) is 8.02. The molecule has 0 N–H and O–H groups in total. The number of aryl methyl sites for hydroxylation is 1. The molecule has 4 bridgehead atoms. The van der Waals surface area contributed by atoms with Crippen LogP contribution in [0.1, 0.15) is 50.0 Å². The van der Waals surface area contributed by atoms with E-state index in [0.29, 0.717) is 5.39 Å². The second kappa shape index (κ2) is 4.21. The molecule has 4 fully saturated rings. The van der Waals surface area contributed by atoms with E-state index in [1.807, 2.05) is 25.1 Å². The van der Waals surface area contributed by atoms with Crippen LogP contribution in [0.5, 0.6) is 0 Å². The van der Waals surface area contributed by atoms with Crippen molar-refractivity contribution in [2.45, 2.75) is 50.9 Å². The molecule has 4 aliphatic rings. The van der Waals surface area contributed by atoms with Gasteiger partial charge in [0.25, 0.3) is 0 Å². The zero-order valence-electron chi connectivity index (χ0n) is 13.0. The van der Waals surface area contributed by atoms with Crippen LogP contribution in [0.2, 0.25) is 0 Å².